The number of nitrogens with one attached hydrogen (secondary N) is 1. The summed E-state index contributed by atoms with van der Waals surface area (Å²) >= 11 is 6.21. The number of hydrogen-bond acceptors (Lipinski definition) is 1. The number of nitrogens with two attached hydrogens (primary N) is 1. The molecule has 3 N–H and O–H groups in total. The van der Waals surface area contributed by atoms with Gasteiger partial charge in [0.25, 0.3) is 5.91 Å². The van der Waals surface area contributed by atoms with E-state index in [-0.39, 0.29) is 18.0 Å². The Hall–Kier alpha value is -1.84. The second kappa shape index (κ2) is 8.32. The highest BCUT2D eigenvalue weighted by Gasteiger charge is 2.16. The molecule has 0 aromatic heterocycles. The van der Waals surface area contributed by atoms with Crippen LogP contribution in [0.2, 0.25) is 5.02 Å². The molecule has 2 aromatic rings. The van der Waals surface area contributed by atoms with Crippen LogP contribution in [0.1, 0.15) is 48.2 Å². The molecule has 0 spiro atoms. The standard InChI is InChI=1S/C20H25ClN2O/c1-13-9-10-17(11-14(13)2)15(3)23-20(24)12-22-16(4)18-7-5-6-8-19(18)21/h5-11,15-16,22H,12H2,1-4H3,(H,23,24)/p+1/t15-,16-/m0/s1. The van der Waals surface area contributed by atoms with Gasteiger partial charge >= 0.3 is 0 Å². The lowest BCUT2D eigenvalue weighted by atomic mass is 10.0. The molecule has 2 aromatic carbocycles. The normalized spacial score (nSPS) is 13.4. The molecule has 3 nitrogen and oxygen atoms in total. The maximum Gasteiger partial charge on any atom is 0.275 e. The number of carbonyl (C=O) groups is 1. The van der Waals surface area contributed by atoms with Crippen LogP contribution < -0.4 is 10.6 Å². The van der Waals surface area contributed by atoms with Crippen molar-refractivity contribution >= 4 is 17.5 Å². The minimum atomic E-state index is 0.000759. The van der Waals surface area contributed by atoms with Crippen molar-refractivity contribution in [2.45, 2.75) is 39.8 Å². The summed E-state index contributed by atoms with van der Waals surface area (Å²) in [6.45, 7) is 8.63. The number of rotatable bonds is 6. The average molecular weight is 346 g/mol. The van der Waals surface area contributed by atoms with E-state index >= 15 is 0 Å². The molecule has 24 heavy (non-hydrogen) atoms. The molecule has 1 amide bonds. The lowest BCUT2D eigenvalue weighted by Gasteiger charge is -2.17. The zero-order chi connectivity index (χ0) is 17.7. The Morgan fingerprint density at radius 3 is 2.50 bits per heavy atom. The largest absolute Gasteiger partial charge is 0.345 e. The minimum Gasteiger partial charge on any atom is -0.345 e. The zero-order valence-corrected chi connectivity index (χ0v) is 15.5. The Bertz CT molecular complexity index is 715. The average Bonchev–Trinajstić information content (AvgIpc) is 2.55. The van der Waals surface area contributed by atoms with Crippen molar-refractivity contribution < 1.29 is 10.1 Å². The van der Waals surface area contributed by atoms with Crippen molar-refractivity contribution in [3.05, 3.63) is 69.7 Å². The van der Waals surface area contributed by atoms with Crippen molar-refractivity contribution in [3.8, 4) is 0 Å². The molecule has 0 aliphatic carbocycles. The van der Waals surface area contributed by atoms with E-state index in [2.05, 4.69) is 44.3 Å². The number of amides is 1. The maximum absolute atomic E-state index is 12.2. The van der Waals surface area contributed by atoms with E-state index in [0.29, 0.717) is 6.54 Å². The Morgan fingerprint density at radius 2 is 1.83 bits per heavy atom. The minimum absolute atomic E-state index is 0.000759. The molecule has 0 saturated carbocycles. The second-order valence-corrected chi connectivity index (χ2v) is 6.79. The van der Waals surface area contributed by atoms with E-state index in [0.717, 1.165) is 16.1 Å². The van der Waals surface area contributed by atoms with Crippen molar-refractivity contribution in [1.29, 1.82) is 0 Å². The van der Waals surface area contributed by atoms with Gasteiger partial charge in [0.05, 0.1) is 6.04 Å². The van der Waals surface area contributed by atoms with Crippen molar-refractivity contribution in [3.63, 3.8) is 0 Å². The number of benzene rings is 2. The SMILES string of the molecule is Cc1ccc([C@H](C)NC(=O)C[NH2+][C@@H](C)c2ccccc2Cl)cc1C. The first-order chi connectivity index (χ1) is 11.4. The highest BCUT2D eigenvalue weighted by atomic mass is 35.5. The fourth-order valence-electron chi connectivity index (χ4n) is 2.67. The molecule has 0 aliphatic heterocycles. The fraction of sp³-hybridized carbons (Fsp3) is 0.350. The molecule has 0 bridgehead atoms. The highest BCUT2D eigenvalue weighted by Crippen LogP contribution is 2.19. The molecule has 2 atom stereocenters. The van der Waals surface area contributed by atoms with Gasteiger partial charge < -0.3 is 10.6 Å². The van der Waals surface area contributed by atoms with Crippen LogP contribution in [0, 0.1) is 13.8 Å². The Morgan fingerprint density at radius 1 is 1.12 bits per heavy atom. The third-order valence-electron chi connectivity index (χ3n) is 4.46. The Labute approximate surface area is 149 Å². The van der Waals surface area contributed by atoms with E-state index in [1.54, 1.807) is 0 Å². The summed E-state index contributed by atoms with van der Waals surface area (Å²) < 4.78 is 0. The summed E-state index contributed by atoms with van der Waals surface area (Å²) in [7, 11) is 0. The quantitative estimate of drug-likeness (QED) is 0.827. The van der Waals surface area contributed by atoms with E-state index in [1.165, 1.54) is 11.1 Å². The summed E-state index contributed by atoms with van der Waals surface area (Å²) in [6.07, 6.45) is 0. The monoisotopic (exact) mass is 345 g/mol. The predicted molar refractivity (Wildman–Crippen MR) is 99.1 cm³/mol. The topological polar surface area (TPSA) is 45.7 Å². The van der Waals surface area contributed by atoms with E-state index in [1.807, 2.05) is 36.5 Å². The van der Waals surface area contributed by atoms with Crippen molar-refractivity contribution in [1.82, 2.24) is 5.32 Å². The molecule has 2 rings (SSSR count). The number of hydrogen-bond donors (Lipinski definition) is 2. The van der Waals surface area contributed by atoms with Crippen LogP contribution in [0.15, 0.2) is 42.5 Å². The highest BCUT2D eigenvalue weighted by molar-refractivity contribution is 6.31. The Balaban J connectivity index is 1.88. The van der Waals surface area contributed by atoms with Crippen LogP contribution >= 0.6 is 11.6 Å². The molecule has 0 radical (unpaired) electrons. The van der Waals surface area contributed by atoms with Crippen LogP contribution in [0.3, 0.4) is 0 Å². The summed E-state index contributed by atoms with van der Waals surface area (Å²) in [6, 6.07) is 14.2. The first kappa shape index (κ1) is 18.5. The second-order valence-electron chi connectivity index (χ2n) is 6.38. The van der Waals surface area contributed by atoms with Crippen molar-refractivity contribution in [2.24, 2.45) is 0 Å². The molecular formula is C20H26ClN2O+. The van der Waals surface area contributed by atoms with Crippen LogP contribution in [0.5, 0.6) is 0 Å². The fourth-order valence-corrected chi connectivity index (χ4v) is 2.98. The van der Waals surface area contributed by atoms with Gasteiger partial charge in [-0.05, 0) is 50.5 Å². The summed E-state index contributed by atoms with van der Waals surface area (Å²) in [5.41, 5.74) is 4.69. The van der Waals surface area contributed by atoms with E-state index in [4.69, 9.17) is 11.6 Å². The van der Waals surface area contributed by atoms with Gasteiger partial charge in [-0.1, -0.05) is 48.0 Å². The number of aryl methyl sites for hydroxylation is 2. The van der Waals surface area contributed by atoms with E-state index < -0.39 is 0 Å². The van der Waals surface area contributed by atoms with Gasteiger partial charge in [-0.15, -0.1) is 0 Å². The molecule has 0 unspecified atom stereocenters. The lowest BCUT2D eigenvalue weighted by molar-refractivity contribution is -0.682. The molecule has 128 valence electrons. The van der Waals surface area contributed by atoms with Gasteiger partial charge in [0.1, 0.15) is 6.04 Å². The summed E-state index contributed by atoms with van der Waals surface area (Å²) in [5.74, 6) is 0.0274. The molecule has 0 fully saturated rings. The predicted octanol–water partition coefficient (Wildman–Crippen LogP) is 3.46. The van der Waals surface area contributed by atoms with Crippen LogP contribution in [0.25, 0.3) is 0 Å². The number of carbonyl (C=O) groups excluding carboxylic acids is 1. The molecular weight excluding hydrogens is 320 g/mol. The van der Waals surface area contributed by atoms with E-state index in [9.17, 15) is 4.79 Å². The van der Waals surface area contributed by atoms with Crippen LogP contribution in [-0.4, -0.2) is 12.5 Å². The zero-order valence-electron chi connectivity index (χ0n) is 14.8. The smallest absolute Gasteiger partial charge is 0.275 e. The summed E-state index contributed by atoms with van der Waals surface area (Å²) in [4.78, 5) is 12.2. The Kier molecular flexibility index (Phi) is 6.41. The lowest BCUT2D eigenvalue weighted by Crippen LogP contribution is -2.87. The molecule has 0 saturated heterocycles. The molecule has 0 aliphatic rings. The van der Waals surface area contributed by atoms with Gasteiger partial charge in [-0.25, -0.2) is 0 Å². The van der Waals surface area contributed by atoms with Crippen LogP contribution in [-0.2, 0) is 4.79 Å². The number of halogens is 1. The molecule has 4 heteroatoms. The van der Waals surface area contributed by atoms with Gasteiger partial charge in [-0.3, -0.25) is 4.79 Å². The first-order valence-corrected chi connectivity index (χ1v) is 8.70. The van der Waals surface area contributed by atoms with Gasteiger partial charge in [0, 0.05) is 10.6 Å². The first-order valence-electron chi connectivity index (χ1n) is 8.32. The van der Waals surface area contributed by atoms with Gasteiger partial charge in [0.15, 0.2) is 6.54 Å². The van der Waals surface area contributed by atoms with Gasteiger partial charge in [0.2, 0.25) is 0 Å². The van der Waals surface area contributed by atoms with Crippen LogP contribution in [0.4, 0.5) is 0 Å². The van der Waals surface area contributed by atoms with Crippen molar-refractivity contribution in [2.75, 3.05) is 6.54 Å². The number of quaternary nitrogens is 1. The maximum atomic E-state index is 12.2. The molecule has 0 heterocycles. The summed E-state index contributed by atoms with van der Waals surface area (Å²) in [5, 5.41) is 5.81. The third-order valence-corrected chi connectivity index (χ3v) is 4.81. The van der Waals surface area contributed by atoms with Gasteiger partial charge in [-0.2, -0.15) is 0 Å². The third kappa shape index (κ3) is 4.83.